The van der Waals surface area contributed by atoms with Crippen LogP contribution in [0.5, 0.6) is 5.88 Å². The zero-order chi connectivity index (χ0) is 20.9. The first-order valence-corrected chi connectivity index (χ1v) is 9.60. The van der Waals surface area contributed by atoms with Crippen LogP contribution in [0.25, 0.3) is 5.65 Å². The molecule has 1 amide bonds. The number of hydrogen-bond acceptors (Lipinski definition) is 5. The Hall–Kier alpha value is -3.30. The smallest absolute Gasteiger partial charge is 0.378 e. The SMILES string of the molecule is Cn1ccc(Nc2cc3n([nH]2)c(=O)c(C(=O)NC2CC2)c(O)[n+]3CC(C)(C)C)n1. The van der Waals surface area contributed by atoms with Gasteiger partial charge in [-0.1, -0.05) is 25.3 Å². The highest BCUT2D eigenvalue weighted by atomic mass is 16.3. The monoisotopic (exact) mass is 400 g/mol. The normalized spacial score (nSPS) is 14.3. The number of carbonyl (C=O) groups is 1. The lowest BCUT2D eigenvalue weighted by molar-refractivity contribution is -0.692. The predicted octanol–water partition coefficient (Wildman–Crippen LogP) is 1.04. The number of aryl methyl sites for hydroxylation is 1. The van der Waals surface area contributed by atoms with Crippen LogP contribution in [-0.2, 0) is 13.6 Å². The van der Waals surface area contributed by atoms with Crippen molar-refractivity contribution < 1.29 is 14.5 Å². The average Bonchev–Trinajstić information content (AvgIpc) is 3.17. The van der Waals surface area contributed by atoms with Gasteiger partial charge in [0, 0.05) is 25.4 Å². The van der Waals surface area contributed by atoms with Crippen LogP contribution in [0, 0.1) is 5.41 Å². The van der Waals surface area contributed by atoms with E-state index in [1.807, 2.05) is 20.8 Å². The molecule has 0 radical (unpaired) electrons. The third-order valence-electron chi connectivity index (χ3n) is 4.66. The average molecular weight is 400 g/mol. The van der Waals surface area contributed by atoms with E-state index in [1.165, 1.54) is 4.52 Å². The van der Waals surface area contributed by atoms with E-state index < -0.39 is 11.5 Å². The van der Waals surface area contributed by atoms with Crippen LogP contribution in [0.4, 0.5) is 11.6 Å². The Labute approximate surface area is 167 Å². The Kier molecular flexibility index (Phi) is 4.36. The van der Waals surface area contributed by atoms with Crippen molar-refractivity contribution in [1.29, 1.82) is 0 Å². The molecule has 4 N–H and O–H groups in total. The molecule has 29 heavy (non-hydrogen) atoms. The molecule has 1 aliphatic carbocycles. The number of carbonyl (C=O) groups excluding carboxylic acids is 1. The summed E-state index contributed by atoms with van der Waals surface area (Å²) in [6.07, 6.45) is 3.57. The van der Waals surface area contributed by atoms with Crippen molar-refractivity contribution in [3.05, 3.63) is 34.2 Å². The van der Waals surface area contributed by atoms with Crippen molar-refractivity contribution in [2.24, 2.45) is 12.5 Å². The van der Waals surface area contributed by atoms with Crippen LogP contribution in [0.2, 0.25) is 0 Å². The van der Waals surface area contributed by atoms with E-state index in [-0.39, 0.29) is 22.9 Å². The van der Waals surface area contributed by atoms with Crippen molar-refractivity contribution in [2.75, 3.05) is 5.32 Å². The van der Waals surface area contributed by atoms with E-state index in [9.17, 15) is 14.7 Å². The molecule has 154 valence electrons. The molecule has 10 heteroatoms. The maximum Gasteiger partial charge on any atom is 0.378 e. The number of fused-ring (bicyclic) bond motifs is 1. The highest BCUT2D eigenvalue weighted by Gasteiger charge is 2.34. The second kappa shape index (κ2) is 6.64. The quantitative estimate of drug-likeness (QED) is 0.477. The molecule has 3 aromatic heterocycles. The second-order valence-corrected chi connectivity index (χ2v) is 8.76. The molecule has 0 unspecified atom stereocenters. The van der Waals surface area contributed by atoms with Gasteiger partial charge >= 0.3 is 17.1 Å². The van der Waals surface area contributed by atoms with E-state index in [0.717, 1.165) is 12.8 Å². The summed E-state index contributed by atoms with van der Waals surface area (Å²) in [5.74, 6) is 0.236. The molecule has 3 heterocycles. The first kappa shape index (κ1) is 19.0. The Balaban J connectivity index is 1.85. The van der Waals surface area contributed by atoms with E-state index in [2.05, 4.69) is 20.8 Å². The first-order chi connectivity index (χ1) is 13.6. The molecule has 0 aromatic carbocycles. The van der Waals surface area contributed by atoms with Crippen LogP contribution in [0.15, 0.2) is 23.1 Å². The molecule has 0 spiro atoms. The predicted molar refractivity (Wildman–Crippen MR) is 106 cm³/mol. The molecule has 3 aromatic rings. The Morgan fingerprint density at radius 1 is 1.41 bits per heavy atom. The van der Waals surface area contributed by atoms with Crippen molar-refractivity contribution in [3.63, 3.8) is 0 Å². The molecule has 0 saturated heterocycles. The van der Waals surface area contributed by atoms with Gasteiger partial charge in [-0.05, 0) is 18.3 Å². The number of amides is 1. The Bertz CT molecular complexity index is 1150. The minimum absolute atomic E-state index is 0.0723. The molecule has 1 saturated carbocycles. The number of hydrogen-bond donors (Lipinski definition) is 4. The lowest BCUT2D eigenvalue weighted by Crippen LogP contribution is -2.47. The lowest BCUT2D eigenvalue weighted by Gasteiger charge is -2.17. The fraction of sp³-hybridized carbons (Fsp3) is 0.474. The summed E-state index contributed by atoms with van der Waals surface area (Å²) in [5.41, 5.74) is -0.612. The standard InChI is InChI=1S/C19H25N7O3/c1-19(2,3)10-25-14-9-13(21-12-7-8-24(4)22-12)23-26(14)18(29)15(17(25)28)16(27)20-11-5-6-11/h7-9,11H,5-6,10H2,1-4H3,(H3,20,21,22,23,27,28,29)/p+1. The number of nitrogens with one attached hydrogen (secondary N) is 3. The summed E-state index contributed by atoms with van der Waals surface area (Å²) in [6.45, 7) is 6.47. The van der Waals surface area contributed by atoms with Gasteiger partial charge in [-0.25, -0.2) is 9.89 Å². The topological polar surface area (TPSA) is 120 Å². The fourth-order valence-corrected chi connectivity index (χ4v) is 3.21. The Morgan fingerprint density at radius 2 is 2.14 bits per heavy atom. The van der Waals surface area contributed by atoms with E-state index in [0.29, 0.717) is 23.8 Å². The summed E-state index contributed by atoms with van der Waals surface area (Å²) in [4.78, 5) is 25.7. The summed E-state index contributed by atoms with van der Waals surface area (Å²) in [6, 6.07) is 3.58. The minimum atomic E-state index is -0.602. The molecular weight excluding hydrogens is 374 g/mol. The van der Waals surface area contributed by atoms with Crippen LogP contribution in [0.1, 0.15) is 44.0 Å². The molecule has 4 rings (SSSR count). The van der Waals surface area contributed by atoms with Gasteiger partial charge in [0.05, 0.1) is 12.6 Å². The molecule has 0 atom stereocenters. The molecular formula is C19H26N7O3+. The van der Waals surface area contributed by atoms with Gasteiger partial charge in [0.25, 0.3) is 5.91 Å². The van der Waals surface area contributed by atoms with Crippen LogP contribution >= 0.6 is 0 Å². The van der Waals surface area contributed by atoms with Crippen molar-refractivity contribution in [3.8, 4) is 5.88 Å². The number of aromatic amines is 1. The van der Waals surface area contributed by atoms with E-state index in [1.54, 1.807) is 34.6 Å². The summed E-state index contributed by atoms with van der Waals surface area (Å²) >= 11 is 0. The van der Waals surface area contributed by atoms with Crippen LogP contribution < -0.4 is 20.8 Å². The third kappa shape index (κ3) is 3.82. The zero-order valence-electron chi connectivity index (χ0n) is 17.0. The molecule has 0 bridgehead atoms. The van der Waals surface area contributed by atoms with Crippen LogP contribution in [0.3, 0.4) is 0 Å². The number of aromatic nitrogens is 5. The van der Waals surface area contributed by atoms with Gasteiger partial charge in [-0.2, -0.15) is 9.67 Å². The van der Waals surface area contributed by atoms with Gasteiger partial charge in [0.15, 0.2) is 11.6 Å². The van der Waals surface area contributed by atoms with Gasteiger partial charge < -0.3 is 15.7 Å². The van der Waals surface area contributed by atoms with Gasteiger partial charge in [0.2, 0.25) is 5.56 Å². The summed E-state index contributed by atoms with van der Waals surface area (Å²) < 4.78 is 4.52. The molecule has 1 aliphatic rings. The van der Waals surface area contributed by atoms with E-state index >= 15 is 0 Å². The maximum absolute atomic E-state index is 13.0. The highest BCUT2D eigenvalue weighted by molar-refractivity contribution is 5.96. The highest BCUT2D eigenvalue weighted by Crippen LogP contribution is 2.22. The summed E-state index contributed by atoms with van der Waals surface area (Å²) in [7, 11) is 1.81. The summed E-state index contributed by atoms with van der Waals surface area (Å²) in [5, 5.41) is 24.0. The van der Waals surface area contributed by atoms with Crippen molar-refractivity contribution >= 4 is 23.2 Å². The number of aromatic hydroxyl groups is 1. The van der Waals surface area contributed by atoms with Crippen molar-refractivity contribution in [2.45, 2.75) is 46.2 Å². The van der Waals surface area contributed by atoms with Gasteiger partial charge in [-0.3, -0.25) is 9.48 Å². The molecule has 0 aliphatic heterocycles. The minimum Gasteiger partial charge on any atom is -0.477 e. The maximum atomic E-state index is 13.0. The van der Waals surface area contributed by atoms with Crippen molar-refractivity contribution in [1.82, 2.24) is 24.7 Å². The third-order valence-corrected chi connectivity index (χ3v) is 4.66. The zero-order valence-corrected chi connectivity index (χ0v) is 17.0. The molecule has 1 fully saturated rings. The number of anilines is 2. The largest absolute Gasteiger partial charge is 0.477 e. The second-order valence-electron chi connectivity index (χ2n) is 8.76. The lowest BCUT2D eigenvalue weighted by atomic mass is 9.96. The first-order valence-electron chi connectivity index (χ1n) is 9.60. The number of nitrogens with zero attached hydrogens (tertiary/aromatic N) is 4. The van der Waals surface area contributed by atoms with Crippen LogP contribution in [-0.4, -0.2) is 36.5 Å². The molecule has 10 nitrogen and oxygen atoms in total. The number of rotatable bonds is 5. The number of H-pyrrole nitrogens is 1. The van der Waals surface area contributed by atoms with E-state index in [4.69, 9.17) is 0 Å². The van der Waals surface area contributed by atoms with Gasteiger partial charge in [0.1, 0.15) is 0 Å². The Morgan fingerprint density at radius 3 is 2.72 bits per heavy atom. The van der Waals surface area contributed by atoms with Gasteiger partial charge in [-0.15, -0.1) is 0 Å². The fourth-order valence-electron chi connectivity index (χ4n) is 3.21.